The van der Waals surface area contributed by atoms with E-state index in [2.05, 4.69) is 197 Å². The standard InChI is InChI=1S/C97H160O16P2/c1-4-7-10-13-16-19-22-25-28-31-34-36-38-40-42-43-44-45-46-47-49-51-52-54-57-59-62-65-68-71-74-77-80-83-95(100)107-86-92(98)87-109-114(103,104)110-88-93(99)89-111-115(105,106)112-91-94(113-97(102)85-82-79-76-73-70-67-64-61-56-33-30-27-24-21-18-15-12-9-6-3)90-108-96(101)84-81-78-75-72-69-66-63-60-58-55-53-50-48-41-39-37-35-32-29-26-23-20-17-14-11-8-5-2/h7-12,16-21,25-30,34-37,40-42,48,56,61,67,70,76,79,92-94,98-99H,4-6,13-15,22-24,31-33,38-39,43-47,49-55,57-60,62-66,68-69,71-75,77-78,80-91H2,1-3H3,(H,103,104)(H,105,106)/b10-7-,11-8-,12-9-,19-16-,20-17-,21-18-,28-25-,29-26-,30-27-,36-34-,37-35-,42-40-,48-41-,61-56-,70-67-,79-76-. The first-order valence-electron chi connectivity index (χ1n) is 44.7. The molecule has 0 saturated heterocycles. The first kappa shape index (κ1) is 109. The number of allylic oxidation sites excluding steroid dienone is 32. The number of ether oxygens (including phenoxy) is 3. The molecule has 0 rings (SSSR count). The quantitative estimate of drug-likeness (QED) is 0.0146. The molecule has 654 valence electrons. The predicted molar refractivity (Wildman–Crippen MR) is 481 cm³/mol. The van der Waals surface area contributed by atoms with E-state index >= 15 is 0 Å². The molecule has 0 amide bonds. The summed E-state index contributed by atoms with van der Waals surface area (Å²) in [6.07, 6.45) is 116. The van der Waals surface area contributed by atoms with E-state index in [1.807, 2.05) is 18.2 Å². The maximum absolute atomic E-state index is 13.0. The minimum Gasteiger partial charge on any atom is -0.463 e. The number of carbonyl (C=O) groups is 3. The van der Waals surface area contributed by atoms with Crippen molar-refractivity contribution in [1.29, 1.82) is 0 Å². The zero-order valence-electron chi connectivity index (χ0n) is 71.9. The van der Waals surface area contributed by atoms with E-state index in [1.165, 1.54) is 128 Å². The zero-order chi connectivity index (χ0) is 83.6. The van der Waals surface area contributed by atoms with Gasteiger partial charge in [-0.15, -0.1) is 0 Å². The maximum Gasteiger partial charge on any atom is 0.472 e. The summed E-state index contributed by atoms with van der Waals surface area (Å²) in [6, 6.07) is 0. The largest absolute Gasteiger partial charge is 0.472 e. The normalized spacial score (nSPS) is 14.7. The number of carbonyl (C=O) groups excluding carboxylic acids is 3. The second kappa shape index (κ2) is 87.7. The van der Waals surface area contributed by atoms with E-state index in [0.29, 0.717) is 25.7 Å². The van der Waals surface area contributed by atoms with Gasteiger partial charge in [-0.25, -0.2) is 9.13 Å². The van der Waals surface area contributed by atoms with E-state index in [-0.39, 0.29) is 19.3 Å². The maximum atomic E-state index is 13.0. The Morgan fingerprint density at radius 1 is 0.243 bits per heavy atom. The number of phosphoric acid groups is 2. The van der Waals surface area contributed by atoms with Gasteiger partial charge in [-0.1, -0.05) is 369 Å². The molecule has 0 aliphatic heterocycles. The van der Waals surface area contributed by atoms with Crippen LogP contribution in [0.5, 0.6) is 0 Å². The lowest BCUT2D eigenvalue weighted by atomic mass is 10.0. The lowest BCUT2D eigenvalue weighted by Crippen LogP contribution is -2.29. The minimum absolute atomic E-state index is 0.0271. The third-order valence-electron chi connectivity index (χ3n) is 18.3. The number of rotatable bonds is 83. The monoisotopic (exact) mass is 1640 g/mol. The number of hydrogen-bond acceptors (Lipinski definition) is 14. The molecule has 5 unspecified atom stereocenters. The van der Waals surface area contributed by atoms with Gasteiger partial charge in [0.25, 0.3) is 0 Å². The zero-order valence-corrected chi connectivity index (χ0v) is 73.7. The van der Waals surface area contributed by atoms with Gasteiger partial charge in [-0.2, -0.15) is 0 Å². The van der Waals surface area contributed by atoms with Crippen molar-refractivity contribution < 1.29 is 75.8 Å². The molecule has 16 nitrogen and oxygen atoms in total. The molecule has 0 fully saturated rings. The Bertz CT molecular complexity index is 2870. The molecule has 4 N–H and O–H groups in total. The lowest BCUT2D eigenvalue weighted by molar-refractivity contribution is -0.161. The third-order valence-corrected chi connectivity index (χ3v) is 20.2. The fourth-order valence-corrected chi connectivity index (χ4v) is 13.2. The van der Waals surface area contributed by atoms with Crippen LogP contribution < -0.4 is 0 Å². The number of aliphatic hydroxyl groups excluding tert-OH is 2. The average Bonchev–Trinajstić information content (AvgIpc) is 0.893. The fourth-order valence-electron chi connectivity index (χ4n) is 11.7. The van der Waals surface area contributed by atoms with Crippen molar-refractivity contribution in [2.45, 2.75) is 360 Å². The molecule has 0 aliphatic carbocycles. The van der Waals surface area contributed by atoms with E-state index in [0.717, 1.165) is 148 Å². The highest BCUT2D eigenvalue weighted by Gasteiger charge is 2.29. The van der Waals surface area contributed by atoms with E-state index in [9.17, 15) is 43.5 Å². The topological polar surface area (TPSA) is 231 Å². The van der Waals surface area contributed by atoms with E-state index in [4.69, 9.17) is 32.3 Å². The van der Waals surface area contributed by atoms with Crippen molar-refractivity contribution in [3.63, 3.8) is 0 Å². The van der Waals surface area contributed by atoms with E-state index < -0.39 is 91.5 Å². The summed E-state index contributed by atoms with van der Waals surface area (Å²) in [5.41, 5.74) is 0. The molecule has 0 aliphatic rings. The summed E-state index contributed by atoms with van der Waals surface area (Å²) < 4.78 is 61.3. The van der Waals surface area contributed by atoms with Crippen LogP contribution in [0.1, 0.15) is 342 Å². The van der Waals surface area contributed by atoms with Gasteiger partial charge in [0, 0.05) is 19.3 Å². The summed E-state index contributed by atoms with van der Waals surface area (Å²) in [6.45, 7) is 2.27. The molecule has 0 aromatic carbocycles. The molecule has 0 aromatic heterocycles. The average molecular weight is 1640 g/mol. The molecule has 5 atom stereocenters. The van der Waals surface area contributed by atoms with Crippen molar-refractivity contribution in [1.82, 2.24) is 0 Å². The number of esters is 3. The summed E-state index contributed by atoms with van der Waals surface area (Å²) in [7, 11) is -9.84. The van der Waals surface area contributed by atoms with Crippen LogP contribution >= 0.6 is 15.6 Å². The molecule has 115 heavy (non-hydrogen) atoms. The third kappa shape index (κ3) is 89.0. The number of aliphatic hydroxyl groups is 2. The highest BCUT2D eigenvalue weighted by atomic mass is 31.2. The van der Waals surface area contributed by atoms with Crippen molar-refractivity contribution in [3.8, 4) is 0 Å². The second-order valence-electron chi connectivity index (χ2n) is 29.3. The first-order chi connectivity index (χ1) is 56.2. The first-order valence-corrected chi connectivity index (χ1v) is 47.7. The van der Waals surface area contributed by atoms with Crippen LogP contribution in [0.3, 0.4) is 0 Å². The van der Waals surface area contributed by atoms with Gasteiger partial charge < -0.3 is 34.2 Å². The van der Waals surface area contributed by atoms with Crippen LogP contribution in [0.25, 0.3) is 0 Å². The Balaban J connectivity index is 4.58. The number of hydrogen-bond donors (Lipinski definition) is 4. The molecular weight excluding hydrogens is 1480 g/mol. The highest BCUT2D eigenvalue weighted by Crippen LogP contribution is 2.45. The Morgan fingerprint density at radius 2 is 0.452 bits per heavy atom. The molecule has 0 spiro atoms. The van der Waals surface area contributed by atoms with Crippen LogP contribution in [-0.2, 0) is 55.8 Å². The van der Waals surface area contributed by atoms with Crippen LogP contribution in [-0.4, -0.2) is 95.9 Å². The summed E-state index contributed by atoms with van der Waals surface area (Å²) in [4.78, 5) is 58.9. The van der Waals surface area contributed by atoms with Crippen molar-refractivity contribution in [3.05, 3.63) is 194 Å². The van der Waals surface area contributed by atoms with Gasteiger partial charge in [0.2, 0.25) is 0 Å². The van der Waals surface area contributed by atoms with Gasteiger partial charge in [0.15, 0.2) is 6.10 Å². The van der Waals surface area contributed by atoms with Gasteiger partial charge in [0.1, 0.15) is 25.4 Å². The summed E-state index contributed by atoms with van der Waals surface area (Å²) in [5, 5.41) is 20.7. The Kier molecular flexibility index (Phi) is 83.4. The van der Waals surface area contributed by atoms with Crippen molar-refractivity contribution in [2.24, 2.45) is 0 Å². The Hall–Kier alpha value is -5.61. The highest BCUT2D eigenvalue weighted by molar-refractivity contribution is 7.47. The molecule has 0 saturated carbocycles. The molecule has 0 aromatic rings. The summed E-state index contributed by atoms with van der Waals surface area (Å²) in [5.74, 6) is -1.68. The molecule has 0 heterocycles. The fraction of sp³-hybridized carbons (Fsp3) is 0.639. The predicted octanol–water partition coefficient (Wildman–Crippen LogP) is 27.4. The molecule has 0 bridgehead atoms. The van der Waals surface area contributed by atoms with Gasteiger partial charge >= 0.3 is 33.6 Å². The number of phosphoric ester groups is 2. The summed E-state index contributed by atoms with van der Waals surface area (Å²) >= 11 is 0. The van der Waals surface area contributed by atoms with E-state index in [1.54, 1.807) is 0 Å². The van der Waals surface area contributed by atoms with Crippen LogP contribution in [0.2, 0.25) is 0 Å². The van der Waals surface area contributed by atoms with Crippen LogP contribution in [0, 0.1) is 0 Å². The molecule has 18 heteroatoms. The Labute approximate surface area is 699 Å². The lowest BCUT2D eigenvalue weighted by Gasteiger charge is -2.21. The Morgan fingerprint density at radius 3 is 0.722 bits per heavy atom. The van der Waals surface area contributed by atoms with Crippen molar-refractivity contribution >= 4 is 33.6 Å². The smallest absolute Gasteiger partial charge is 0.463 e. The van der Waals surface area contributed by atoms with Gasteiger partial charge in [-0.05, 0) is 148 Å². The van der Waals surface area contributed by atoms with Crippen molar-refractivity contribution in [2.75, 3.05) is 39.6 Å². The van der Waals surface area contributed by atoms with Gasteiger partial charge in [0.05, 0.1) is 26.4 Å². The number of unbranched alkanes of at least 4 members (excludes halogenated alkanes) is 28. The second-order valence-corrected chi connectivity index (χ2v) is 32.2. The van der Waals surface area contributed by atoms with Crippen LogP contribution in [0.4, 0.5) is 0 Å². The van der Waals surface area contributed by atoms with Crippen LogP contribution in [0.15, 0.2) is 194 Å². The molecule has 0 radical (unpaired) electrons. The SMILES string of the molecule is CC/C=C\C/C=C\C/C=C\C/C=C\C/C=C\C/C=C\CCC(=O)OC(COC(=O)CCCCCCCCCCCCC/C=C\C/C=C\C/C=C\C/C=C\C/C=C\CC)COP(=O)(O)OCC(O)COP(=O)(O)OCC(O)COC(=O)CCCCCCCCCCCCCCCCCCC/C=C\C/C=C\C/C=C\C/C=C\C/C=C\CC. The molecular formula is C97H160O16P2. The van der Waals surface area contributed by atoms with Gasteiger partial charge in [-0.3, -0.25) is 32.5 Å². The minimum atomic E-state index is -4.96.